The predicted octanol–water partition coefficient (Wildman–Crippen LogP) is 0.354. The van der Waals surface area contributed by atoms with Gasteiger partial charge in [-0.25, -0.2) is 4.98 Å². The van der Waals surface area contributed by atoms with Gasteiger partial charge in [-0.05, 0) is 19.3 Å². The molecule has 0 aromatic carbocycles. The van der Waals surface area contributed by atoms with Gasteiger partial charge in [-0.2, -0.15) is 5.10 Å². The van der Waals surface area contributed by atoms with Crippen LogP contribution in [-0.2, 0) is 16.0 Å². The van der Waals surface area contributed by atoms with Crippen molar-refractivity contribution in [3.05, 3.63) is 12.2 Å². The Morgan fingerprint density at radius 2 is 2.21 bits per heavy atom. The molecule has 0 bridgehead atoms. The lowest BCUT2D eigenvalue weighted by molar-refractivity contribution is -0.144. The number of nitrogens with one attached hydrogen (secondary N) is 2. The molecule has 7 heteroatoms. The second-order valence-corrected chi connectivity index (χ2v) is 4.87. The van der Waals surface area contributed by atoms with E-state index in [-0.39, 0.29) is 17.7 Å². The summed E-state index contributed by atoms with van der Waals surface area (Å²) in [7, 11) is 0. The maximum absolute atomic E-state index is 11.9. The van der Waals surface area contributed by atoms with Gasteiger partial charge in [-0.3, -0.25) is 14.7 Å². The average molecular weight is 266 g/mol. The fourth-order valence-corrected chi connectivity index (χ4v) is 2.45. The summed E-state index contributed by atoms with van der Waals surface area (Å²) >= 11 is 0. The average Bonchev–Trinajstić information content (AvgIpc) is 2.92. The molecule has 2 unspecified atom stereocenters. The number of carbonyl (C=O) groups is 2. The SMILES string of the molecule is O=C(O)C1CCCC(C(=O)NCCc2ncn[nH]2)C1. The van der Waals surface area contributed by atoms with Crippen LogP contribution in [0.15, 0.2) is 6.33 Å². The van der Waals surface area contributed by atoms with E-state index in [1.165, 1.54) is 6.33 Å². The summed E-state index contributed by atoms with van der Waals surface area (Å²) in [4.78, 5) is 26.9. The number of hydrogen-bond donors (Lipinski definition) is 3. The van der Waals surface area contributed by atoms with Crippen molar-refractivity contribution in [3.8, 4) is 0 Å². The molecule has 1 aliphatic rings. The number of H-pyrrole nitrogens is 1. The number of carboxylic acid groups (broad SMARTS) is 1. The van der Waals surface area contributed by atoms with E-state index in [0.717, 1.165) is 18.7 Å². The maximum atomic E-state index is 11.9. The Labute approximate surface area is 110 Å². The largest absolute Gasteiger partial charge is 0.481 e. The Kier molecular flexibility index (Phi) is 4.48. The first kappa shape index (κ1) is 13.5. The molecule has 0 saturated heterocycles. The number of aromatic nitrogens is 3. The second-order valence-electron chi connectivity index (χ2n) is 4.87. The minimum Gasteiger partial charge on any atom is -0.481 e. The summed E-state index contributed by atoms with van der Waals surface area (Å²) in [6.45, 7) is 0.488. The van der Waals surface area contributed by atoms with Crippen molar-refractivity contribution in [2.45, 2.75) is 32.1 Å². The molecule has 2 atom stereocenters. The number of carboxylic acids is 1. The van der Waals surface area contributed by atoms with E-state index < -0.39 is 5.97 Å². The van der Waals surface area contributed by atoms with Gasteiger partial charge in [0.2, 0.25) is 5.91 Å². The van der Waals surface area contributed by atoms with Gasteiger partial charge in [-0.1, -0.05) is 6.42 Å². The number of aliphatic carboxylic acids is 1. The summed E-state index contributed by atoms with van der Waals surface area (Å²) in [5.41, 5.74) is 0. The minimum absolute atomic E-state index is 0.0505. The second kappa shape index (κ2) is 6.31. The lowest BCUT2D eigenvalue weighted by Crippen LogP contribution is -2.36. The molecule has 1 aromatic rings. The van der Waals surface area contributed by atoms with Crippen LogP contribution >= 0.6 is 0 Å². The highest BCUT2D eigenvalue weighted by molar-refractivity contribution is 5.80. The van der Waals surface area contributed by atoms with Crippen LogP contribution in [0.3, 0.4) is 0 Å². The standard InChI is InChI=1S/C12H18N4O3/c17-11(13-5-4-10-14-7-15-16-10)8-2-1-3-9(6-8)12(18)19/h7-9H,1-6H2,(H,13,17)(H,18,19)(H,14,15,16). The summed E-state index contributed by atoms with van der Waals surface area (Å²) in [5, 5.41) is 18.3. The van der Waals surface area contributed by atoms with Gasteiger partial charge in [0.15, 0.2) is 0 Å². The Morgan fingerprint density at radius 3 is 2.89 bits per heavy atom. The monoisotopic (exact) mass is 266 g/mol. The first-order valence-electron chi connectivity index (χ1n) is 6.51. The maximum Gasteiger partial charge on any atom is 0.306 e. The van der Waals surface area contributed by atoms with E-state index in [9.17, 15) is 9.59 Å². The van der Waals surface area contributed by atoms with Crippen LogP contribution < -0.4 is 5.32 Å². The van der Waals surface area contributed by atoms with E-state index in [1.54, 1.807) is 0 Å². The van der Waals surface area contributed by atoms with E-state index in [1.807, 2.05) is 0 Å². The van der Waals surface area contributed by atoms with Crippen LogP contribution in [0, 0.1) is 11.8 Å². The number of nitrogens with zero attached hydrogens (tertiary/aromatic N) is 2. The summed E-state index contributed by atoms with van der Waals surface area (Å²) in [6, 6.07) is 0. The Balaban J connectivity index is 1.74. The number of amides is 1. The zero-order valence-electron chi connectivity index (χ0n) is 10.6. The first-order chi connectivity index (χ1) is 9.16. The van der Waals surface area contributed by atoms with Crippen LogP contribution in [0.25, 0.3) is 0 Å². The van der Waals surface area contributed by atoms with Crippen molar-refractivity contribution < 1.29 is 14.7 Å². The number of aromatic amines is 1. The molecule has 0 spiro atoms. The highest BCUT2D eigenvalue weighted by Crippen LogP contribution is 2.29. The molecule has 7 nitrogen and oxygen atoms in total. The number of rotatable bonds is 5. The molecule has 1 saturated carbocycles. The van der Waals surface area contributed by atoms with Gasteiger partial charge in [0.1, 0.15) is 12.2 Å². The van der Waals surface area contributed by atoms with Crippen molar-refractivity contribution >= 4 is 11.9 Å². The van der Waals surface area contributed by atoms with Crippen molar-refractivity contribution in [2.75, 3.05) is 6.54 Å². The molecule has 1 fully saturated rings. The molecule has 1 amide bonds. The molecule has 1 heterocycles. The minimum atomic E-state index is -0.792. The number of hydrogen-bond acceptors (Lipinski definition) is 4. The third-order valence-corrected chi connectivity index (χ3v) is 3.52. The van der Waals surface area contributed by atoms with Gasteiger partial charge in [-0.15, -0.1) is 0 Å². The van der Waals surface area contributed by atoms with Gasteiger partial charge in [0, 0.05) is 18.9 Å². The molecule has 1 aliphatic carbocycles. The molecule has 19 heavy (non-hydrogen) atoms. The summed E-state index contributed by atoms with van der Waals surface area (Å²) in [5.74, 6) is -0.666. The quantitative estimate of drug-likeness (QED) is 0.713. The fraction of sp³-hybridized carbons (Fsp3) is 0.667. The Morgan fingerprint density at radius 1 is 1.42 bits per heavy atom. The number of carbonyl (C=O) groups excluding carboxylic acids is 1. The van der Waals surface area contributed by atoms with E-state index in [4.69, 9.17) is 5.11 Å². The van der Waals surface area contributed by atoms with Crippen molar-refractivity contribution in [1.82, 2.24) is 20.5 Å². The van der Waals surface area contributed by atoms with Crippen molar-refractivity contribution in [2.24, 2.45) is 11.8 Å². The first-order valence-corrected chi connectivity index (χ1v) is 6.51. The van der Waals surface area contributed by atoms with Crippen molar-refractivity contribution in [1.29, 1.82) is 0 Å². The zero-order chi connectivity index (χ0) is 13.7. The van der Waals surface area contributed by atoms with Crippen molar-refractivity contribution in [3.63, 3.8) is 0 Å². The zero-order valence-corrected chi connectivity index (χ0v) is 10.6. The summed E-state index contributed by atoms with van der Waals surface area (Å²) in [6.07, 6.45) is 4.73. The van der Waals surface area contributed by atoms with Crippen LogP contribution in [0.5, 0.6) is 0 Å². The Bertz CT molecular complexity index is 432. The normalized spacial score (nSPS) is 22.9. The lowest BCUT2D eigenvalue weighted by atomic mass is 9.81. The van der Waals surface area contributed by atoms with Crippen LogP contribution in [0.2, 0.25) is 0 Å². The van der Waals surface area contributed by atoms with Gasteiger partial charge in [0.05, 0.1) is 5.92 Å². The van der Waals surface area contributed by atoms with E-state index in [2.05, 4.69) is 20.5 Å². The molecule has 1 aromatic heterocycles. The lowest BCUT2D eigenvalue weighted by Gasteiger charge is -2.25. The van der Waals surface area contributed by atoms with Gasteiger partial charge >= 0.3 is 5.97 Å². The molecular formula is C12H18N4O3. The smallest absolute Gasteiger partial charge is 0.306 e. The van der Waals surface area contributed by atoms with Crippen LogP contribution in [0.1, 0.15) is 31.5 Å². The molecule has 0 radical (unpaired) electrons. The molecule has 104 valence electrons. The van der Waals surface area contributed by atoms with E-state index >= 15 is 0 Å². The van der Waals surface area contributed by atoms with Gasteiger partial charge < -0.3 is 10.4 Å². The highest BCUT2D eigenvalue weighted by Gasteiger charge is 2.30. The van der Waals surface area contributed by atoms with Crippen LogP contribution in [0.4, 0.5) is 0 Å². The molecule has 2 rings (SSSR count). The fourth-order valence-electron chi connectivity index (χ4n) is 2.45. The molecular weight excluding hydrogens is 248 g/mol. The Hall–Kier alpha value is -1.92. The van der Waals surface area contributed by atoms with Gasteiger partial charge in [0.25, 0.3) is 0 Å². The topological polar surface area (TPSA) is 108 Å². The predicted molar refractivity (Wildman–Crippen MR) is 66.2 cm³/mol. The highest BCUT2D eigenvalue weighted by atomic mass is 16.4. The molecule has 0 aliphatic heterocycles. The van der Waals surface area contributed by atoms with E-state index in [0.29, 0.717) is 25.8 Å². The third kappa shape index (κ3) is 3.77. The van der Waals surface area contributed by atoms with Crippen LogP contribution in [-0.4, -0.2) is 38.7 Å². The molecule has 3 N–H and O–H groups in total. The third-order valence-electron chi connectivity index (χ3n) is 3.52. The summed E-state index contributed by atoms with van der Waals surface area (Å²) < 4.78 is 0.